The zero-order valence-corrected chi connectivity index (χ0v) is 19.2. The number of rotatable bonds is 7. The molecule has 36 heavy (non-hydrogen) atoms. The molecule has 4 rings (SSSR count). The van der Waals surface area contributed by atoms with Crippen molar-refractivity contribution in [2.24, 2.45) is 0 Å². The maximum Gasteiger partial charge on any atom is 0.451 e. The summed E-state index contributed by atoms with van der Waals surface area (Å²) in [5, 5.41) is 10.0. The summed E-state index contributed by atoms with van der Waals surface area (Å²) in [7, 11) is 0. The molecule has 0 saturated carbocycles. The lowest BCUT2D eigenvalue weighted by atomic mass is 9.99. The zero-order chi connectivity index (χ0) is 26.0. The van der Waals surface area contributed by atoms with Crippen molar-refractivity contribution in [2.75, 3.05) is 6.54 Å². The highest BCUT2D eigenvalue weighted by Crippen LogP contribution is 2.29. The Bertz CT molecular complexity index is 1230. The summed E-state index contributed by atoms with van der Waals surface area (Å²) in [6.07, 6.45) is -4.93. The summed E-state index contributed by atoms with van der Waals surface area (Å²) in [6.45, 7) is 1.56. The zero-order valence-electron chi connectivity index (χ0n) is 19.2. The van der Waals surface area contributed by atoms with Gasteiger partial charge < -0.3 is 14.8 Å². The van der Waals surface area contributed by atoms with E-state index in [0.717, 1.165) is 16.2 Å². The summed E-state index contributed by atoms with van der Waals surface area (Å²) >= 11 is 0. The van der Waals surface area contributed by atoms with Crippen LogP contribution < -0.4 is 5.32 Å². The van der Waals surface area contributed by atoms with Gasteiger partial charge in [-0.15, -0.1) is 10.2 Å². The first-order chi connectivity index (χ1) is 17.0. The molecule has 6 nitrogen and oxygen atoms in total. The Kier molecular flexibility index (Phi) is 7.34. The minimum atomic E-state index is -4.66. The lowest BCUT2D eigenvalue weighted by Crippen LogP contribution is -2.43. The Morgan fingerprint density at radius 2 is 1.72 bits per heavy atom. The predicted molar refractivity (Wildman–Crippen MR) is 117 cm³/mol. The van der Waals surface area contributed by atoms with E-state index in [9.17, 15) is 31.1 Å². The average Bonchev–Trinajstić information content (AvgIpc) is 3.27. The molecule has 1 unspecified atom stereocenters. The number of nitrogens with zero attached hydrogens (tertiary/aromatic N) is 4. The number of aromatic nitrogens is 3. The Morgan fingerprint density at radius 1 is 1.03 bits per heavy atom. The molecule has 0 bridgehead atoms. The Balaban J connectivity index is 1.52. The highest BCUT2D eigenvalue weighted by Gasteiger charge is 2.40. The summed E-state index contributed by atoms with van der Waals surface area (Å²) < 4.78 is 81.8. The monoisotopic (exact) mass is 511 g/mol. The lowest BCUT2D eigenvalue weighted by molar-refractivity contribution is -0.148. The van der Waals surface area contributed by atoms with E-state index in [2.05, 4.69) is 15.5 Å². The van der Waals surface area contributed by atoms with Crippen molar-refractivity contribution in [1.29, 1.82) is 0 Å². The number of hydrogen-bond donors (Lipinski definition) is 1. The number of benzene rings is 2. The standard InChI is InChI=1S/C24H23F6N5O/c1-14(15-5-3-2-4-6-15)31-17(9-16-10-19(26)20(27)12-18(16)25)11-22(36)34-7-8-35-21(13-34)32-33-23(35)24(28,29)30/h2-6,10,12,14,17,31H,7-9,11,13H2,1H3/t14-,17?/m0/s1. The van der Waals surface area contributed by atoms with Crippen LogP contribution in [0.4, 0.5) is 26.3 Å². The predicted octanol–water partition coefficient (Wildman–Crippen LogP) is 4.41. The minimum absolute atomic E-state index is 0.00739. The fourth-order valence-electron chi connectivity index (χ4n) is 4.29. The third kappa shape index (κ3) is 5.69. The molecule has 0 saturated heterocycles. The number of hydrogen-bond acceptors (Lipinski definition) is 4. The van der Waals surface area contributed by atoms with Crippen LogP contribution in [0.25, 0.3) is 0 Å². The van der Waals surface area contributed by atoms with Gasteiger partial charge in [-0.25, -0.2) is 13.2 Å². The number of carbonyl (C=O) groups is 1. The van der Waals surface area contributed by atoms with Gasteiger partial charge in [0.15, 0.2) is 17.5 Å². The highest BCUT2D eigenvalue weighted by atomic mass is 19.4. The molecule has 1 aliphatic heterocycles. The van der Waals surface area contributed by atoms with E-state index in [1.165, 1.54) is 4.90 Å². The van der Waals surface area contributed by atoms with Crippen molar-refractivity contribution in [3.63, 3.8) is 0 Å². The number of fused-ring (bicyclic) bond motifs is 1. The van der Waals surface area contributed by atoms with Crippen LogP contribution in [0.15, 0.2) is 42.5 Å². The summed E-state index contributed by atoms with van der Waals surface area (Å²) in [6, 6.07) is 9.51. The van der Waals surface area contributed by atoms with E-state index in [1.807, 2.05) is 37.3 Å². The second-order valence-corrected chi connectivity index (χ2v) is 8.67. The van der Waals surface area contributed by atoms with Gasteiger partial charge in [0.25, 0.3) is 0 Å². The van der Waals surface area contributed by atoms with Gasteiger partial charge in [0.2, 0.25) is 11.7 Å². The lowest BCUT2D eigenvalue weighted by Gasteiger charge is -2.30. The maximum atomic E-state index is 14.4. The van der Waals surface area contributed by atoms with Crippen LogP contribution in [0.3, 0.4) is 0 Å². The average molecular weight is 511 g/mol. The third-order valence-corrected chi connectivity index (χ3v) is 6.12. The van der Waals surface area contributed by atoms with Crippen molar-refractivity contribution in [3.8, 4) is 0 Å². The van der Waals surface area contributed by atoms with Crippen LogP contribution >= 0.6 is 0 Å². The molecular weight excluding hydrogens is 488 g/mol. The number of carbonyl (C=O) groups excluding carboxylic acids is 1. The topological polar surface area (TPSA) is 63.1 Å². The van der Waals surface area contributed by atoms with Crippen molar-refractivity contribution < 1.29 is 31.1 Å². The second kappa shape index (κ2) is 10.3. The molecule has 1 amide bonds. The van der Waals surface area contributed by atoms with Gasteiger partial charge in [-0.1, -0.05) is 30.3 Å². The molecule has 1 N–H and O–H groups in total. The molecule has 0 spiro atoms. The highest BCUT2D eigenvalue weighted by molar-refractivity contribution is 5.77. The van der Waals surface area contributed by atoms with Gasteiger partial charge in [-0.05, 0) is 30.5 Å². The molecule has 1 aromatic heterocycles. The smallest absolute Gasteiger partial charge is 0.333 e. The fourth-order valence-corrected chi connectivity index (χ4v) is 4.29. The van der Waals surface area contributed by atoms with Gasteiger partial charge in [0.05, 0.1) is 6.54 Å². The molecule has 2 aromatic carbocycles. The number of amides is 1. The summed E-state index contributed by atoms with van der Waals surface area (Å²) in [5.74, 6) is -4.97. The molecule has 0 radical (unpaired) electrons. The van der Waals surface area contributed by atoms with Crippen molar-refractivity contribution in [2.45, 2.75) is 51.1 Å². The molecule has 3 aromatic rings. The van der Waals surface area contributed by atoms with Crippen LogP contribution in [-0.4, -0.2) is 38.2 Å². The van der Waals surface area contributed by atoms with Crippen LogP contribution in [0, 0.1) is 17.5 Å². The first kappa shape index (κ1) is 25.7. The number of nitrogens with one attached hydrogen (secondary N) is 1. The Labute approximate surface area is 202 Å². The van der Waals surface area contributed by atoms with Crippen molar-refractivity contribution >= 4 is 5.91 Å². The van der Waals surface area contributed by atoms with Crippen LogP contribution in [0.5, 0.6) is 0 Å². The van der Waals surface area contributed by atoms with E-state index in [4.69, 9.17) is 0 Å². The van der Waals surface area contributed by atoms with E-state index in [1.54, 1.807) is 0 Å². The molecule has 2 atom stereocenters. The molecule has 192 valence electrons. The van der Waals surface area contributed by atoms with E-state index >= 15 is 0 Å². The van der Waals surface area contributed by atoms with Gasteiger partial charge >= 0.3 is 6.18 Å². The first-order valence-electron chi connectivity index (χ1n) is 11.2. The van der Waals surface area contributed by atoms with Gasteiger partial charge in [0, 0.05) is 37.7 Å². The fraction of sp³-hybridized carbons (Fsp3) is 0.375. The SMILES string of the molecule is C[C@H](NC(CC(=O)N1CCn2c(nnc2C(F)(F)F)C1)Cc1cc(F)c(F)cc1F)c1ccccc1. The normalized spacial score (nSPS) is 15.5. The number of alkyl halides is 3. The number of halogens is 6. The van der Waals surface area contributed by atoms with Gasteiger partial charge in [-0.3, -0.25) is 4.79 Å². The molecule has 0 fully saturated rings. The largest absolute Gasteiger partial charge is 0.451 e. The van der Waals surface area contributed by atoms with Gasteiger partial charge in [-0.2, -0.15) is 13.2 Å². The van der Waals surface area contributed by atoms with Crippen LogP contribution in [-0.2, 0) is 30.5 Å². The van der Waals surface area contributed by atoms with Crippen molar-refractivity contribution in [3.05, 3.63) is 82.7 Å². The van der Waals surface area contributed by atoms with E-state index in [0.29, 0.717) is 6.07 Å². The summed E-state index contributed by atoms with van der Waals surface area (Å²) in [4.78, 5) is 14.5. The van der Waals surface area contributed by atoms with E-state index < -0.39 is 41.4 Å². The molecular formula is C24H23F6N5O. The molecule has 1 aliphatic rings. The maximum absolute atomic E-state index is 14.4. The van der Waals surface area contributed by atoms with E-state index in [-0.39, 0.29) is 49.9 Å². The molecule has 0 aliphatic carbocycles. The third-order valence-electron chi connectivity index (χ3n) is 6.12. The first-order valence-corrected chi connectivity index (χ1v) is 11.2. The second-order valence-electron chi connectivity index (χ2n) is 8.67. The van der Waals surface area contributed by atoms with Crippen molar-refractivity contribution in [1.82, 2.24) is 25.0 Å². The summed E-state index contributed by atoms with van der Waals surface area (Å²) in [5.41, 5.74) is 0.791. The van der Waals surface area contributed by atoms with Crippen LogP contribution in [0.2, 0.25) is 0 Å². The molecule has 12 heteroatoms. The Morgan fingerprint density at radius 3 is 2.42 bits per heavy atom. The quantitative estimate of drug-likeness (QED) is 0.377. The Hall–Kier alpha value is -3.41. The minimum Gasteiger partial charge on any atom is -0.333 e. The van der Waals surface area contributed by atoms with Gasteiger partial charge in [0.1, 0.15) is 5.82 Å². The van der Waals surface area contributed by atoms with Crippen LogP contribution in [0.1, 0.15) is 42.2 Å². The molecule has 2 heterocycles.